The van der Waals surface area contributed by atoms with Crippen molar-refractivity contribution in [1.29, 1.82) is 0 Å². The van der Waals surface area contributed by atoms with Crippen LogP contribution in [0.3, 0.4) is 0 Å². The van der Waals surface area contributed by atoms with E-state index in [2.05, 4.69) is 4.72 Å². The molecule has 2 aliphatic rings. The first-order valence-electron chi connectivity index (χ1n) is 6.35. The molecule has 1 aliphatic carbocycles. The van der Waals surface area contributed by atoms with E-state index in [0.29, 0.717) is 18.7 Å². The molecule has 21 heavy (non-hydrogen) atoms. The van der Waals surface area contributed by atoms with E-state index in [4.69, 9.17) is 10.5 Å². The molecule has 1 aromatic carbocycles. The second-order valence-corrected chi connectivity index (χ2v) is 6.86. The molecule has 4 atom stereocenters. The van der Waals surface area contributed by atoms with Crippen LogP contribution < -0.4 is 10.5 Å². The summed E-state index contributed by atoms with van der Waals surface area (Å²) < 4.78 is 71.7. The minimum atomic E-state index is -4.50. The summed E-state index contributed by atoms with van der Waals surface area (Å²) in [5.74, 6) is -4.13. The Morgan fingerprint density at radius 3 is 2.48 bits per heavy atom. The van der Waals surface area contributed by atoms with Crippen molar-refractivity contribution in [2.75, 3.05) is 6.61 Å². The smallest absolute Gasteiger partial charge is 0.246 e. The molecule has 0 aromatic heterocycles. The lowest BCUT2D eigenvalue weighted by atomic mass is 9.73. The maximum Gasteiger partial charge on any atom is 0.246 e. The number of sulfonamides is 1. The Labute approximate surface area is 119 Å². The second-order valence-electron chi connectivity index (χ2n) is 5.21. The quantitative estimate of drug-likeness (QED) is 0.849. The van der Waals surface area contributed by atoms with E-state index < -0.39 is 44.5 Å². The van der Waals surface area contributed by atoms with Gasteiger partial charge in [0.1, 0.15) is 17.5 Å². The Hall–Kier alpha value is -1.16. The normalized spacial score (nSPS) is 31.8. The van der Waals surface area contributed by atoms with Crippen LogP contribution in [0.4, 0.5) is 13.2 Å². The molecular weight excluding hydrogens is 309 g/mol. The average Bonchev–Trinajstić information content (AvgIpc) is 2.79. The van der Waals surface area contributed by atoms with Gasteiger partial charge in [-0.05, 0) is 6.42 Å². The van der Waals surface area contributed by atoms with E-state index in [1.54, 1.807) is 0 Å². The van der Waals surface area contributed by atoms with Gasteiger partial charge in [-0.1, -0.05) is 0 Å². The third-order valence-electron chi connectivity index (χ3n) is 3.97. The molecule has 5 nitrogen and oxygen atoms in total. The molecule has 0 amide bonds. The standard InChI is InChI=1S/C12H13F3N2O3S/c13-5-3-7(14)12(8(15)4-5)21(18,19)17-10-9(16)6-1-2-20-11(6)10/h3-4,6,9-11,17H,1-2,16H2. The van der Waals surface area contributed by atoms with Gasteiger partial charge in [0.05, 0.1) is 12.1 Å². The van der Waals surface area contributed by atoms with Crippen LogP contribution in [-0.2, 0) is 14.8 Å². The van der Waals surface area contributed by atoms with Crippen molar-refractivity contribution in [1.82, 2.24) is 4.72 Å². The van der Waals surface area contributed by atoms with Crippen LogP contribution in [-0.4, -0.2) is 33.2 Å². The fourth-order valence-corrected chi connectivity index (χ4v) is 4.32. The largest absolute Gasteiger partial charge is 0.376 e. The zero-order valence-electron chi connectivity index (χ0n) is 10.7. The Kier molecular flexibility index (Phi) is 3.47. The molecule has 1 saturated carbocycles. The predicted molar refractivity (Wildman–Crippen MR) is 66.2 cm³/mol. The highest BCUT2D eigenvalue weighted by Gasteiger charge is 2.53. The van der Waals surface area contributed by atoms with Gasteiger partial charge in [0, 0.05) is 30.7 Å². The minimum absolute atomic E-state index is 0.0422. The lowest BCUT2D eigenvalue weighted by Crippen LogP contribution is -2.68. The van der Waals surface area contributed by atoms with Gasteiger partial charge in [-0.25, -0.2) is 26.3 Å². The van der Waals surface area contributed by atoms with Crippen LogP contribution >= 0.6 is 0 Å². The van der Waals surface area contributed by atoms with Crippen LogP contribution in [0.15, 0.2) is 17.0 Å². The summed E-state index contributed by atoms with van der Waals surface area (Å²) in [7, 11) is -4.50. The van der Waals surface area contributed by atoms with Gasteiger partial charge in [0.2, 0.25) is 10.0 Å². The van der Waals surface area contributed by atoms with E-state index in [0.717, 1.165) is 6.42 Å². The van der Waals surface area contributed by atoms with Gasteiger partial charge in [0.15, 0.2) is 4.90 Å². The SMILES string of the molecule is NC1C2CCOC2C1NS(=O)(=O)c1c(F)cc(F)cc1F. The molecule has 1 heterocycles. The lowest BCUT2D eigenvalue weighted by molar-refractivity contribution is -0.00928. The topological polar surface area (TPSA) is 81.4 Å². The van der Waals surface area contributed by atoms with Crippen LogP contribution in [0, 0.1) is 23.4 Å². The molecule has 0 spiro atoms. The molecular formula is C12H13F3N2O3S. The Balaban J connectivity index is 1.88. The van der Waals surface area contributed by atoms with Gasteiger partial charge in [0.25, 0.3) is 0 Å². The number of benzene rings is 1. The first-order chi connectivity index (χ1) is 9.81. The highest BCUT2D eigenvalue weighted by atomic mass is 32.2. The van der Waals surface area contributed by atoms with Gasteiger partial charge in [-0.3, -0.25) is 0 Å². The van der Waals surface area contributed by atoms with Crippen LogP contribution in [0.5, 0.6) is 0 Å². The number of ether oxygens (including phenoxy) is 1. The maximum atomic E-state index is 13.6. The summed E-state index contributed by atoms with van der Waals surface area (Å²) in [6.45, 7) is 0.473. The van der Waals surface area contributed by atoms with Crippen molar-refractivity contribution in [3.63, 3.8) is 0 Å². The number of hydrogen-bond donors (Lipinski definition) is 2. The molecule has 0 radical (unpaired) electrons. The van der Waals surface area contributed by atoms with Crippen LogP contribution in [0.2, 0.25) is 0 Å². The molecule has 2 fully saturated rings. The third kappa shape index (κ3) is 2.33. The summed E-state index contributed by atoms with van der Waals surface area (Å²) in [5.41, 5.74) is 5.84. The monoisotopic (exact) mass is 322 g/mol. The lowest BCUT2D eigenvalue weighted by Gasteiger charge is -2.45. The summed E-state index contributed by atoms with van der Waals surface area (Å²) in [6, 6.07) is -0.592. The molecule has 1 aliphatic heterocycles. The highest BCUT2D eigenvalue weighted by Crippen LogP contribution is 2.38. The van der Waals surface area contributed by atoms with Crippen molar-refractivity contribution in [3.8, 4) is 0 Å². The highest BCUT2D eigenvalue weighted by molar-refractivity contribution is 7.89. The van der Waals surface area contributed by atoms with Gasteiger partial charge in [-0.2, -0.15) is 0 Å². The van der Waals surface area contributed by atoms with E-state index in [1.165, 1.54) is 0 Å². The number of rotatable bonds is 3. The Morgan fingerprint density at radius 2 is 1.86 bits per heavy atom. The molecule has 3 N–H and O–H groups in total. The summed E-state index contributed by atoms with van der Waals surface area (Å²) in [6.07, 6.45) is 0.338. The molecule has 3 rings (SSSR count). The summed E-state index contributed by atoms with van der Waals surface area (Å²) in [4.78, 5) is -1.21. The number of hydrogen-bond acceptors (Lipinski definition) is 4. The van der Waals surface area contributed by atoms with Gasteiger partial charge >= 0.3 is 0 Å². The third-order valence-corrected chi connectivity index (χ3v) is 5.48. The van der Waals surface area contributed by atoms with E-state index in [1.807, 2.05) is 0 Å². The Morgan fingerprint density at radius 1 is 1.24 bits per heavy atom. The van der Waals surface area contributed by atoms with Gasteiger partial charge < -0.3 is 10.5 Å². The number of fused-ring (bicyclic) bond motifs is 1. The second kappa shape index (κ2) is 4.94. The van der Waals surface area contributed by atoms with Gasteiger partial charge in [-0.15, -0.1) is 0 Å². The molecule has 0 bridgehead atoms. The average molecular weight is 322 g/mol. The zero-order chi connectivity index (χ0) is 15.4. The molecule has 9 heteroatoms. The van der Waals surface area contributed by atoms with Crippen LogP contribution in [0.25, 0.3) is 0 Å². The van der Waals surface area contributed by atoms with Crippen molar-refractivity contribution in [2.24, 2.45) is 11.7 Å². The first kappa shape index (κ1) is 14.8. The van der Waals surface area contributed by atoms with Crippen molar-refractivity contribution in [3.05, 3.63) is 29.6 Å². The minimum Gasteiger partial charge on any atom is -0.376 e. The summed E-state index contributed by atoms with van der Waals surface area (Å²) >= 11 is 0. The van der Waals surface area contributed by atoms with E-state index in [9.17, 15) is 21.6 Å². The van der Waals surface area contributed by atoms with E-state index in [-0.39, 0.29) is 12.0 Å². The number of nitrogens with one attached hydrogen (secondary N) is 1. The molecule has 116 valence electrons. The van der Waals surface area contributed by atoms with Crippen molar-refractivity contribution >= 4 is 10.0 Å². The first-order valence-corrected chi connectivity index (χ1v) is 7.83. The van der Waals surface area contributed by atoms with E-state index >= 15 is 0 Å². The fraction of sp³-hybridized carbons (Fsp3) is 0.500. The van der Waals surface area contributed by atoms with Crippen molar-refractivity contribution < 1.29 is 26.3 Å². The van der Waals surface area contributed by atoms with Crippen LogP contribution in [0.1, 0.15) is 6.42 Å². The zero-order valence-corrected chi connectivity index (χ0v) is 11.5. The number of halogens is 3. The molecule has 4 unspecified atom stereocenters. The van der Waals surface area contributed by atoms with Crippen molar-refractivity contribution in [2.45, 2.75) is 29.5 Å². The maximum absolute atomic E-state index is 13.6. The number of nitrogens with two attached hydrogens (primary N) is 1. The molecule has 1 saturated heterocycles. The fourth-order valence-electron chi connectivity index (χ4n) is 2.92. The molecule has 1 aromatic rings. The summed E-state index contributed by atoms with van der Waals surface area (Å²) in [5, 5.41) is 0. The predicted octanol–water partition coefficient (Wildman–Crippen LogP) is 0.497. The Bertz CT molecular complexity index is 659.